The molecule has 0 aromatic carbocycles. The van der Waals surface area contributed by atoms with E-state index >= 15 is 0 Å². The Bertz CT molecular complexity index is 403. The number of carbonyl (C=O) groups excluding carboxylic acids is 1. The van der Waals surface area contributed by atoms with Gasteiger partial charge in [0.2, 0.25) is 5.82 Å². The molecule has 1 aromatic heterocycles. The zero-order valence-corrected chi connectivity index (χ0v) is 8.76. The lowest BCUT2D eigenvalue weighted by atomic mass is 10.4. The van der Waals surface area contributed by atoms with Gasteiger partial charge in [-0.1, -0.05) is 0 Å². The lowest BCUT2D eigenvalue weighted by Crippen LogP contribution is -2.12. The molecule has 0 radical (unpaired) electrons. The number of imidazole rings is 1. The van der Waals surface area contributed by atoms with Crippen LogP contribution < -0.4 is 5.73 Å². The first-order chi connectivity index (χ1) is 7.69. The predicted octanol–water partition coefficient (Wildman–Crippen LogP) is 0.729. The standard InChI is InChI=1S/C6H8ClN7O2/c7-1-2-14(13-16)12-11-6-4(5(8)15)9-3-10-6/h3H,1-2H2,(H2,8,15)(H,9,10)/b12-11+. The molecular formula is C6H8ClN7O2. The van der Waals surface area contributed by atoms with Crippen LogP contribution in [0, 0.1) is 4.91 Å². The lowest BCUT2D eigenvalue weighted by Gasteiger charge is -2.02. The van der Waals surface area contributed by atoms with Crippen LogP contribution in [-0.4, -0.2) is 33.4 Å². The number of primary amides is 1. The normalized spacial score (nSPS) is 10.6. The van der Waals surface area contributed by atoms with E-state index in [1.165, 1.54) is 6.33 Å². The molecule has 0 aliphatic carbocycles. The second-order valence-corrected chi connectivity index (χ2v) is 2.90. The van der Waals surface area contributed by atoms with Crippen LogP contribution in [0.15, 0.2) is 22.0 Å². The molecular weight excluding hydrogens is 238 g/mol. The summed E-state index contributed by atoms with van der Waals surface area (Å²) in [5, 5.41) is 10.2. The Labute approximate surface area is 94.6 Å². The molecule has 1 heterocycles. The number of aromatic amines is 1. The van der Waals surface area contributed by atoms with Crippen molar-refractivity contribution in [2.45, 2.75) is 0 Å². The minimum absolute atomic E-state index is 0.000437. The number of nitrogens with one attached hydrogen (secondary N) is 1. The molecule has 0 bridgehead atoms. The molecule has 1 amide bonds. The molecule has 0 aliphatic heterocycles. The summed E-state index contributed by atoms with van der Waals surface area (Å²) < 4.78 is 0. The van der Waals surface area contributed by atoms with Crippen molar-refractivity contribution in [3.05, 3.63) is 16.9 Å². The van der Waals surface area contributed by atoms with Crippen molar-refractivity contribution in [2.75, 3.05) is 12.4 Å². The SMILES string of the molecule is NC(=O)c1[nH]cnc1/N=N/N(CCCl)N=O. The van der Waals surface area contributed by atoms with E-state index in [2.05, 4.69) is 25.6 Å². The number of halogens is 1. The second kappa shape index (κ2) is 5.75. The lowest BCUT2D eigenvalue weighted by molar-refractivity contribution is 0.0996. The Morgan fingerprint density at radius 3 is 3.00 bits per heavy atom. The minimum Gasteiger partial charge on any atom is -0.364 e. The molecule has 0 aliphatic rings. The van der Waals surface area contributed by atoms with E-state index in [-0.39, 0.29) is 23.9 Å². The van der Waals surface area contributed by atoms with Gasteiger partial charge in [-0.25, -0.2) is 4.98 Å². The fourth-order valence-corrected chi connectivity index (χ4v) is 0.967. The van der Waals surface area contributed by atoms with Gasteiger partial charge in [-0.3, -0.25) is 4.79 Å². The van der Waals surface area contributed by atoms with Crippen molar-refractivity contribution < 1.29 is 4.79 Å². The highest BCUT2D eigenvalue weighted by Gasteiger charge is 2.10. The molecule has 16 heavy (non-hydrogen) atoms. The van der Waals surface area contributed by atoms with Crippen molar-refractivity contribution in [3.8, 4) is 0 Å². The van der Waals surface area contributed by atoms with Gasteiger partial charge < -0.3 is 10.7 Å². The topological polar surface area (TPSA) is 129 Å². The molecule has 1 rings (SSSR count). The summed E-state index contributed by atoms with van der Waals surface area (Å²) in [6.07, 6.45) is 1.23. The molecule has 10 heteroatoms. The Morgan fingerprint density at radius 2 is 2.44 bits per heavy atom. The number of carbonyl (C=O) groups is 1. The first-order valence-electron chi connectivity index (χ1n) is 4.10. The molecule has 0 saturated heterocycles. The van der Waals surface area contributed by atoms with E-state index in [1.807, 2.05) is 0 Å². The number of nitroso groups, excluding NO2 is 1. The smallest absolute Gasteiger partial charge is 0.269 e. The van der Waals surface area contributed by atoms with Gasteiger partial charge in [-0.05, 0) is 5.22 Å². The van der Waals surface area contributed by atoms with Gasteiger partial charge in [-0.15, -0.1) is 26.7 Å². The van der Waals surface area contributed by atoms with Crippen LogP contribution in [0.3, 0.4) is 0 Å². The maximum atomic E-state index is 10.9. The summed E-state index contributed by atoms with van der Waals surface area (Å²) in [6.45, 7) is 0.102. The highest BCUT2D eigenvalue weighted by molar-refractivity contribution is 6.18. The number of H-pyrrole nitrogens is 1. The third kappa shape index (κ3) is 2.98. The Balaban J connectivity index is 2.78. The Morgan fingerprint density at radius 1 is 1.69 bits per heavy atom. The number of amides is 1. The molecule has 0 fully saturated rings. The van der Waals surface area contributed by atoms with Crippen LogP contribution in [0.5, 0.6) is 0 Å². The molecule has 0 saturated carbocycles. The maximum Gasteiger partial charge on any atom is 0.269 e. The van der Waals surface area contributed by atoms with Gasteiger partial charge in [0.05, 0.1) is 18.2 Å². The van der Waals surface area contributed by atoms with Crippen molar-refractivity contribution in [3.63, 3.8) is 0 Å². The van der Waals surface area contributed by atoms with E-state index in [1.54, 1.807) is 0 Å². The summed E-state index contributed by atoms with van der Waals surface area (Å²) in [6, 6.07) is 0. The maximum absolute atomic E-state index is 10.9. The predicted molar refractivity (Wildman–Crippen MR) is 54.8 cm³/mol. The third-order valence-corrected chi connectivity index (χ3v) is 1.66. The molecule has 0 spiro atoms. The van der Waals surface area contributed by atoms with Crippen molar-refractivity contribution in [1.29, 1.82) is 0 Å². The van der Waals surface area contributed by atoms with Crippen LogP contribution in [-0.2, 0) is 0 Å². The summed E-state index contributed by atoms with van der Waals surface area (Å²) in [5.74, 6) is -0.585. The average molecular weight is 246 g/mol. The number of alkyl halides is 1. The summed E-state index contributed by atoms with van der Waals surface area (Å²) in [5.41, 5.74) is 5.03. The van der Waals surface area contributed by atoms with E-state index in [4.69, 9.17) is 17.3 Å². The molecule has 1 aromatic rings. The highest BCUT2D eigenvalue weighted by Crippen LogP contribution is 2.13. The first kappa shape index (κ1) is 12.0. The van der Waals surface area contributed by atoms with Gasteiger partial charge in [0.1, 0.15) is 0 Å². The summed E-state index contributed by atoms with van der Waals surface area (Å²) in [7, 11) is 0. The largest absolute Gasteiger partial charge is 0.364 e. The minimum atomic E-state index is -0.727. The van der Waals surface area contributed by atoms with Crippen LogP contribution in [0.1, 0.15) is 10.5 Å². The van der Waals surface area contributed by atoms with Crippen molar-refractivity contribution in [1.82, 2.24) is 15.1 Å². The van der Waals surface area contributed by atoms with Crippen molar-refractivity contribution >= 4 is 23.3 Å². The van der Waals surface area contributed by atoms with Gasteiger partial charge in [-0.2, -0.15) is 0 Å². The average Bonchev–Trinajstić information content (AvgIpc) is 2.72. The number of hydrogen-bond acceptors (Lipinski definition) is 6. The highest BCUT2D eigenvalue weighted by atomic mass is 35.5. The van der Waals surface area contributed by atoms with E-state index in [0.29, 0.717) is 0 Å². The fraction of sp³-hybridized carbons (Fsp3) is 0.333. The van der Waals surface area contributed by atoms with E-state index in [0.717, 1.165) is 5.12 Å². The number of hydrogen-bond donors (Lipinski definition) is 2. The molecule has 0 unspecified atom stereocenters. The van der Waals surface area contributed by atoms with Gasteiger partial charge in [0.15, 0.2) is 5.69 Å². The Kier molecular flexibility index (Phi) is 4.33. The zero-order valence-electron chi connectivity index (χ0n) is 8.00. The van der Waals surface area contributed by atoms with Crippen LogP contribution in [0.2, 0.25) is 0 Å². The molecule has 3 N–H and O–H groups in total. The number of aromatic nitrogens is 2. The summed E-state index contributed by atoms with van der Waals surface area (Å²) in [4.78, 5) is 27.2. The molecule has 9 nitrogen and oxygen atoms in total. The van der Waals surface area contributed by atoms with Crippen LogP contribution in [0.25, 0.3) is 0 Å². The fourth-order valence-electron chi connectivity index (χ4n) is 0.816. The second-order valence-electron chi connectivity index (χ2n) is 2.52. The number of rotatable bonds is 6. The van der Waals surface area contributed by atoms with E-state index in [9.17, 15) is 9.70 Å². The quantitative estimate of drug-likeness (QED) is 0.331. The monoisotopic (exact) mass is 245 g/mol. The first-order valence-corrected chi connectivity index (χ1v) is 4.64. The van der Waals surface area contributed by atoms with E-state index < -0.39 is 5.91 Å². The van der Waals surface area contributed by atoms with Gasteiger partial charge in [0, 0.05) is 5.88 Å². The third-order valence-electron chi connectivity index (χ3n) is 1.49. The zero-order chi connectivity index (χ0) is 12.0. The van der Waals surface area contributed by atoms with Gasteiger partial charge in [0.25, 0.3) is 5.91 Å². The van der Waals surface area contributed by atoms with Gasteiger partial charge >= 0.3 is 0 Å². The Hall–Kier alpha value is -2.03. The number of nitrogens with two attached hydrogens (primary N) is 1. The van der Waals surface area contributed by atoms with Crippen LogP contribution in [0.4, 0.5) is 5.82 Å². The summed E-state index contributed by atoms with van der Waals surface area (Å²) >= 11 is 5.38. The number of nitrogens with zero attached hydrogens (tertiary/aromatic N) is 5. The molecule has 0 atom stereocenters. The van der Waals surface area contributed by atoms with Crippen molar-refractivity contribution in [2.24, 2.45) is 21.4 Å². The van der Waals surface area contributed by atoms with Crippen LogP contribution >= 0.6 is 11.6 Å². The molecule has 86 valence electrons.